The number of aryl methyl sites for hydroxylation is 1. The van der Waals surface area contributed by atoms with E-state index in [1.165, 1.54) is 70.6 Å². The van der Waals surface area contributed by atoms with Crippen LogP contribution in [0.15, 0.2) is 42.6 Å². The zero-order valence-electron chi connectivity index (χ0n) is 22.8. The van der Waals surface area contributed by atoms with Gasteiger partial charge in [-0.25, -0.2) is 0 Å². The lowest BCUT2D eigenvalue weighted by atomic mass is 10.0. The lowest BCUT2D eigenvalue weighted by Crippen LogP contribution is -2.43. The second-order valence-corrected chi connectivity index (χ2v) is 9.77. The Kier molecular flexibility index (Phi) is 14.1. The summed E-state index contributed by atoms with van der Waals surface area (Å²) in [6.45, 7) is 9.96. The lowest BCUT2D eigenvalue weighted by Gasteiger charge is -2.18. The van der Waals surface area contributed by atoms with E-state index in [4.69, 9.17) is 4.74 Å². The van der Waals surface area contributed by atoms with E-state index in [0.29, 0.717) is 5.69 Å². The number of hydrogen-bond acceptors (Lipinski definition) is 2. The number of amides is 1. The molecule has 1 aromatic heterocycles. The third kappa shape index (κ3) is 10.4. The molecule has 0 spiro atoms. The second kappa shape index (κ2) is 17.1. The van der Waals surface area contributed by atoms with E-state index in [9.17, 15) is 4.79 Å². The summed E-state index contributed by atoms with van der Waals surface area (Å²) < 4.78 is 8.09. The monoisotopic (exact) mass is 481 g/mol. The van der Waals surface area contributed by atoms with E-state index < -0.39 is 0 Å². The van der Waals surface area contributed by atoms with Gasteiger partial charge >= 0.3 is 5.91 Å². The molecule has 0 bridgehead atoms. The van der Waals surface area contributed by atoms with Gasteiger partial charge in [0.25, 0.3) is 5.69 Å². The van der Waals surface area contributed by atoms with E-state index in [-0.39, 0.29) is 11.9 Å². The number of rotatable bonds is 18. The van der Waals surface area contributed by atoms with Gasteiger partial charge in [-0.1, -0.05) is 89.7 Å². The summed E-state index contributed by atoms with van der Waals surface area (Å²) in [4.78, 5) is 12.8. The molecule has 0 aliphatic carbocycles. The number of benzene rings is 1. The standard InChI is InChI=1S/C31H48N2O2/c1-5-7-8-9-10-11-12-13-14-15-16-19-25-35-30-23-20-21-28(26(30)3)27(4)32-31(34)29-22-17-18-24-33(29)6-2/h17-18,20-24,27H,5-16,19,25H2,1-4H3/p+1. The Labute approximate surface area is 214 Å². The fourth-order valence-electron chi connectivity index (χ4n) is 4.69. The van der Waals surface area contributed by atoms with Gasteiger partial charge in [0.05, 0.1) is 12.6 Å². The number of aromatic nitrogens is 1. The zero-order valence-corrected chi connectivity index (χ0v) is 22.8. The molecule has 1 amide bonds. The van der Waals surface area contributed by atoms with E-state index in [0.717, 1.165) is 36.4 Å². The van der Waals surface area contributed by atoms with E-state index in [1.807, 2.05) is 54.9 Å². The number of ether oxygens (including phenoxy) is 1. The Bertz CT molecular complexity index is 865. The molecule has 2 rings (SSSR count). The summed E-state index contributed by atoms with van der Waals surface area (Å²) in [6.07, 6.45) is 18.1. The molecule has 0 aliphatic rings. The van der Waals surface area contributed by atoms with Gasteiger partial charge in [0.15, 0.2) is 6.20 Å². The molecule has 2 aromatic rings. The Balaban J connectivity index is 1.68. The van der Waals surface area contributed by atoms with Gasteiger partial charge in [-0.3, -0.25) is 4.79 Å². The normalized spacial score (nSPS) is 11.9. The predicted octanol–water partition coefficient (Wildman–Crippen LogP) is 7.87. The van der Waals surface area contributed by atoms with Crippen molar-refractivity contribution in [3.8, 4) is 5.75 Å². The van der Waals surface area contributed by atoms with Crippen LogP contribution in [0.5, 0.6) is 5.75 Å². The summed E-state index contributed by atoms with van der Waals surface area (Å²) in [7, 11) is 0. The highest BCUT2D eigenvalue weighted by atomic mass is 16.5. The number of unbranched alkanes of at least 4 members (excludes halogenated alkanes) is 11. The fraction of sp³-hybridized carbons (Fsp3) is 0.613. The number of carbonyl (C=O) groups is 1. The SMILES string of the molecule is CCCCCCCCCCCCCCOc1cccc(C(C)NC(=O)c2cccc[n+]2CC)c1C. The molecule has 1 heterocycles. The summed E-state index contributed by atoms with van der Waals surface area (Å²) in [5.41, 5.74) is 2.89. The highest BCUT2D eigenvalue weighted by Crippen LogP contribution is 2.26. The van der Waals surface area contributed by atoms with E-state index in [2.05, 4.69) is 25.2 Å². The van der Waals surface area contributed by atoms with Crippen LogP contribution >= 0.6 is 0 Å². The van der Waals surface area contributed by atoms with Crippen molar-refractivity contribution >= 4 is 5.91 Å². The number of carbonyl (C=O) groups excluding carboxylic acids is 1. The van der Waals surface area contributed by atoms with Crippen molar-refractivity contribution < 1.29 is 14.1 Å². The minimum atomic E-state index is -0.0943. The summed E-state index contributed by atoms with van der Waals surface area (Å²) in [6, 6.07) is 11.8. The predicted molar refractivity (Wildman–Crippen MR) is 146 cm³/mol. The minimum Gasteiger partial charge on any atom is -0.493 e. The molecule has 0 aliphatic heterocycles. The van der Waals surface area contributed by atoms with Crippen molar-refractivity contribution in [3.63, 3.8) is 0 Å². The number of hydrogen-bond donors (Lipinski definition) is 1. The Hall–Kier alpha value is -2.36. The van der Waals surface area contributed by atoms with Gasteiger partial charge in [-0.05, 0) is 50.5 Å². The van der Waals surface area contributed by atoms with Crippen molar-refractivity contribution in [1.29, 1.82) is 0 Å². The molecular formula is C31H49N2O2+. The largest absolute Gasteiger partial charge is 0.493 e. The molecule has 1 atom stereocenters. The van der Waals surface area contributed by atoms with Gasteiger partial charge in [0.1, 0.15) is 12.3 Å². The highest BCUT2D eigenvalue weighted by Gasteiger charge is 2.21. The number of nitrogens with one attached hydrogen (secondary N) is 1. The first-order chi connectivity index (χ1) is 17.1. The van der Waals surface area contributed by atoms with Crippen molar-refractivity contribution in [1.82, 2.24) is 5.32 Å². The molecule has 194 valence electrons. The van der Waals surface area contributed by atoms with Crippen molar-refractivity contribution in [3.05, 3.63) is 59.4 Å². The average molecular weight is 482 g/mol. The first-order valence-electron chi connectivity index (χ1n) is 14.1. The third-order valence-electron chi connectivity index (χ3n) is 6.91. The molecule has 0 radical (unpaired) electrons. The first kappa shape index (κ1) is 28.9. The molecule has 1 unspecified atom stereocenters. The Morgan fingerprint density at radius 3 is 2.11 bits per heavy atom. The van der Waals surface area contributed by atoms with Gasteiger partial charge in [-0.15, -0.1) is 0 Å². The molecule has 1 N–H and O–H groups in total. The van der Waals surface area contributed by atoms with E-state index >= 15 is 0 Å². The van der Waals surface area contributed by atoms with Crippen molar-refractivity contribution in [2.75, 3.05) is 6.61 Å². The summed E-state index contributed by atoms with van der Waals surface area (Å²) >= 11 is 0. The van der Waals surface area contributed by atoms with Gasteiger partial charge < -0.3 is 10.1 Å². The van der Waals surface area contributed by atoms with Gasteiger partial charge in [0, 0.05) is 12.1 Å². The first-order valence-corrected chi connectivity index (χ1v) is 14.1. The molecule has 0 fully saturated rings. The van der Waals surface area contributed by atoms with Crippen LogP contribution in [-0.2, 0) is 6.54 Å². The van der Waals surface area contributed by atoms with Crippen LogP contribution in [0.3, 0.4) is 0 Å². The Morgan fingerprint density at radius 1 is 0.857 bits per heavy atom. The molecule has 1 aromatic carbocycles. The average Bonchev–Trinajstić information content (AvgIpc) is 2.87. The maximum Gasteiger partial charge on any atom is 0.316 e. The third-order valence-corrected chi connectivity index (χ3v) is 6.91. The topological polar surface area (TPSA) is 42.2 Å². The fourth-order valence-corrected chi connectivity index (χ4v) is 4.69. The maximum absolute atomic E-state index is 12.8. The van der Waals surface area contributed by atoms with E-state index in [1.54, 1.807) is 0 Å². The van der Waals surface area contributed by atoms with Crippen LogP contribution in [0, 0.1) is 6.92 Å². The minimum absolute atomic E-state index is 0.0536. The zero-order chi connectivity index (χ0) is 25.3. The van der Waals surface area contributed by atoms with Gasteiger partial charge in [-0.2, -0.15) is 4.57 Å². The van der Waals surface area contributed by atoms with Crippen LogP contribution in [0.25, 0.3) is 0 Å². The quantitative estimate of drug-likeness (QED) is 0.174. The number of nitrogens with zero attached hydrogens (tertiary/aromatic N) is 1. The number of pyridine rings is 1. The molecule has 4 heteroatoms. The molecule has 0 saturated heterocycles. The van der Waals surface area contributed by atoms with Crippen molar-refractivity contribution in [2.45, 2.75) is 117 Å². The van der Waals surface area contributed by atoms with Crippen LogP contribution in [0.4, 0.5) is 0 Å². The molecule has 35 heavy (non-hydrogen) atoms. The summed E-state index contributed by atoms with van der Waals surface area (Å²) in [5, 5.41) is 3.16. The van der Waals surface area contributed by atoms with Crippen LogP contribution in [0.1, 0.15) is 125 Å². The smallest absolute Gasteiger partial charge is 0.316 e. The lowest BCUT2D eigenvalue weighted by molar-refractivity contribution is -0.695. The Morgan fingerprint density at radius 2 is 1.49 bits per heavy atom. The van der Waals surface area contributed by atoms with Crippen LogP contribution in [0.2, 0.25) is 0 Å². The molecule has 4 nitrogen and oxygen atoms in total. The van der Waals surface area contributed by atoms with Crippen molar-refractivity contribution in [2.24, 2.45) is 0 Å². The highest BCUT2D eigenvalue weighted by molar-refractivity contribution is 5.91. The molecular weight excluding hydrogens is 432 g/mol. The van der Waals surface area contributed by atoms with Crippen LogP contribution in [-0.4, -0.2) is 12.5 Å². The van der Waals surface area contributed by atoms with Gasteiger partial charge in [0.2, 0.25) is 0 Å². The maximum atomic E-state index is 12.8. The summed E-state index contributed by atoms with van der Waals surface area (Å²) in [5.74, 6) is 0.872. The molecule has 0 saturated carbocycles. The second-order valence-electron chi connectivity index (χ2n) is 9.77. The van der Waals surface area contributed by atoms with Crippen LogP contribution < -0.4 is 14.6 Å².